The van der Waals surface area contributed by atoms with Gasteiger partial charge in [-0.05, 0) is 46.3 Å². The van der Waals surface area contributed by atoms with Crippen molar-refractivity contribution < 1.29 is 14.3 Å². The zero-order valence-corrected chi connectivity index (χ0v) is 14.8. The number of ether oxygens (including phenoxy) is 2. The Hall–Kier alpha value is -1.43. The number of methoxy groups -OCH3 is 2. The quantitative estimate of drug-likeness (QED) is 0.777. The molecule has 1 amide bonds. The van der Waals surface area contributed by atoms with Crippen molar-refractivity contribution in [3.05, 3.63) is 50.4 Å². The largest absolute Gasteiger partial charge is 0.495 e. The molecule has 0 unspecified atom stereocenters. The summed E-state index contributed by atoms with van der Waals surface area (Å²) in [5, 5.41) is 3.53. The topological polar surface area (TPSA) is 47.6 Å². The Morgan fingerprint density at radius 1 is 1.05 bits per heavy atom. The molecule has 0 aromatic heterocycles. The summed E-state index contributed by atoms with van der Waals surface area (Å²) in [6.07, 6.45) is 0. The normalized spacial score (nSPS) is 10.2. The van der Waals surface area contributed by atoms with Gasteiger partial charge in [0.05, 0.1) is 24.3 Å². The monoisotopic (exact) mass is 403 g/mol. The lowest BCUT2D eigenvalue weighted by atomic mass is 10.1. The summed E-state index contributed by atoms with van der Waals surface area (Å²) >= 11 is 15.1. The zero-order valence-electron chi connectivity index (χ0n) is 11.7. The average molecular weight is 405 g/mol. The van der Waals surface area contributed by atoms with Crippen molar-refractivity contribution in [1.82, 2.24) is 0 Å². The number of hydrogen-bond acceptors (Lipinski definition) is 3. The lowest BCUT2D eigenvalue weighted by Gasteiger charge is -2.12. The van der Waals surface area contributed by atoms with Crippen molar-refractivity contribution in [2.24, 2.45) is 0 Å². The van der Waals surface area contributed by atoms with Gasteiger partial charge in [-0.3, -0.25) is 4.79 Å². The van der Waals surface area contributed by atoms with Crippen LogP contribution in [-0.4, -0.2) is 20.1 Å². The maximum absolute atomic E-state index is 12.3. The van der Waals surface area contributed by atoms with Gasteiger partial charge in [-0.1, -0.05) is 23.2 Å². The van der Waals surface area contributed by atoms with E-state index in [9.17, 15) is 4.79 Å². The number of carbonyl (C=O) groups is 1. The molecule has 0 aliphatic rings. The molecule has 2 aromatic carbocycles. The SMILES string of the molecule is COc1cc(C(=O)Nc2ccc(Cl)c(Cl)c2)cc(OC)c1Br. The Bertz CT molecular complexity index is 697. The third kappa shape index (κ3) is 3.66. The third-order valence-corrected chi connectivity index (χ3v) is 4.41. The maximum Gasteiger partial charge on any atom is 0.255 e. The van der Waals surface area contributed by atoms with E-state index in [1.165, 1.54) is 14.2 Å². The van der Waals surface area contributed by atoms with Crippen LogP contribution in [0.1, 0.15) is 10.4 Å². The zero-order chi connectivity index (χ0) is 16.3. The Balaban J connectivity index is 2.31. The van der Waals surface area contributed by atoms with Gasteiger partial charge < -0.3 is 14.8 Å². The van der Waals surface area contributed by atoms with Crippen LogP contribution in [-0.2, 0) is 0 Å². The number of benzene rings is 2. The van der Waals surface area contributed by atoms with Crippen molar-refractivity contribution in [2.45, 2.75) is 0 Å². The molecule has 7 heteroatoms. The first-order valence-electron chi connectivity index (χ1n) is 6.14. The Labute approximate surface area is 146 Å². The summed E-state index contributed by atoms with van der Waals surface area (Å²) in [5.41, 5.74) is 0.934. The predicted molar refractivity (Wildman–Crippen MR) is 91.7 cm³/mol. The Kier molecular flexibility index (Phi) is 5.56. The lowest BCUT2D eigenvalue weighted by molar-refractivity contribution is 0.102. The highest BCUT2D eigenvalue weighted by atomic mass is 79.9. The van der Waals surface area contributed by atoms with Crippen LogP contribution in [0.25, 0.3) is 0 Å². The van der Waals surface area contributed by atoms with E-state index < -0.39 is 0 Å². The average Bonchev–Trinajstić information content (AvgIpc) is 2.51. The summed E-state index contributed by atoms with van der Waals surface area (Å²) in [4.78, 5) is 12.3. The van der Waals surface area contributed by atoms with E-state index in [0.29, 0.717) is 37.3 Å². The highest BCUT2D eigenvalue weighted by molar-refractivity contribution is 9.10. The van der Waals surface area contributed by atoms with Crippen LogP contribution in [0, 0.1) is 0 Å². The van der Waals surface area contributed by atoms with Gasteiger partial charge in [0, 0.05) is 11.3 Å². The Morgan fingerprint density at radius 3 is 2.14 bits per heavy atom. The first-order valence-corrected chi connectivity index (χ1v) is 7.69. The molecule has 0 aliphatic carbocycles. The fourth-order valence-electron chi connectivity index (χ4n) is 1.78. The van der Waals surface area contributed by atoms with E-state index in [-0.39, 0.29) is 5.91 Å². The number of nitrogens with one attached hydrogen (secondary N) is 1. The molecule has 1 N–H and O–H groups in total. The second-order valence-electron chi connectivity index (χ2n) is 4.28. The highest BCUT2D eigenvalue weighted by Crippen LogP contribution is 2.36. The molecule has 0 atom stereocenters. The Morgan fingerprint density at radius 2 is 1.64 bits per heavy atom. The minimum absolute atomic E-state index is 0.317. The van der Waals surface area contributed by atoms with E-state index >= 15 is 0 Å². The van der Waals surface area contributed by atoms with Crippen LogP contribution in [0.4, 0.5) is 5.69 Å². The summed E-state index contributed by atoms with van der Waals surface area (Å²) in [5.74, 6) is 0.680. The van der Waals surface area contributed by atoms with E-state index in [2.05, 4.69) is 21.2 Å². The summed E-state index contributed by atoms with van der Waals surface area (Å²) < 4.78 is 11.1. The fourth-order valence-corrected chi connectivity index (χ4v) is 2.63. The van der Waals surface area contributed by atoms with Crippen LogP contribution in [0.3, 0.4) is 0 Å². The molecule has 0 spiro atoms. The van der Waals surface area contributed by atoms with Crippen LogP contribution < -0.4 is 14.8 Å². The number of halogens is 3. The van der Waals surface area contributed by atoms with Gasteiger partial charge >= 0.3 is 0 Å². The summed E-state index contributed by atoms with van der Waals surface area (Å²) in [6.45, 7) is 0. The van der Waals surface area contributed by atoms with Gasteiger partial charge in [0.2, 0.25) is 0 Å². The van der Waals surface area contributed by atoms with E-state index in [0.717, 1.165) is 0 Å². The van der Waals surface area contributed by atoms with Crippen LogP contribution >= 0.6 is 39.1 Å². The van der Waals surface area contributed by atoms with Crippen molar-refractivity contribution in [3.8, 4) is 11.5 Å². The molecular weight excluding hydrogens is 393 g/mol. The molecule has 0 aliphatic heterocycles. The fraction of sp³-hybridized carbons (Fsp3) is 0.133. The molecule has 0 radical (unpaired) electrons. The van der Waals surface area contributed by atoms with Gasteiger partial charge in [0.15, 0.2) is 0 Å². The molecule has 2 rings (SSSR count). The van der Waals surface area contributed by atoms with Crippen molar-refractivity contribution in [3.63, 3.8) is 0 Å². The van der Waals surface area contributed by atoms with Crippen molar-refractivity contribution in [2.75, 3.05) is 19.5 Å². The molecule has 0 saturated heterocycles. The summed E-state index contributed by atoms with van der Waals surface area (Å²) in [7, 11) is 3.03. The van der Waals surface area contributed by atoms with Crippen molar-refractivity contribution in [1.29, 1.82) is 0 Å². The molecule has 0 bridgehead atoms. The number of carbonyl (C=O) groups excluding carboxylic acids is 1. The van der Waals surface area contributed by atoms with Gasteiger partial charge in [0.25, 0.3) is 5.91 Å². The molecule has 116 valence electrons. The number of rotatable bonds is 4. The lowest BCUT2D eigenvalue weighted by Crippen LogP contribution is -2.12. The predicted octanol–water partition coefficient (Wildman–Crippen LogP) is 5.03. The second kappa shape index (κ2) is 7.22. The maximum atomic E-state index is 12.3. The molecule has 0 heterocycles. The molecular formula is C15H12BrCl2NO3. The smallest absolute Gasteiger partial charge is 0.255 e. The molecule has 0 saturated carbocycles. The first-order chi connectivity index (χ1) is 10.5. The molecule has 4 nitrogen and oxygen atoms in total. The summed E-state index contributed by atoms with van der Waals surface area (Å²) in [6, 6.07) is 8.08. The van der Waals surface area contributed by atoms with Crippen LogP contribution in [0.2, 0.25) is 10.0 Å². The standard InChI is InChI=1S/C15H12BrCl2NO3/c1-21-12-5-8(6-13(22-2)14(12)16)15(20)19-9-3-4-10(17)11(18)7-9/h3-7H,1-2H3,(H,19,20). The van der Waals surface area contributed by atoms with Gasteiger partial charge in [-0.25, -0.2) is 0 Å². The molecule has 2 aromatic rings. The van der Waals surface area contributed by atoms with Gasteiger partial charge in [-0.2, -0.15) is 0 Å². The number of amides is 1. The number of hydrogen-bond donors (Lipinski definition) is 1. The number of anilines is 1. The van der Waals surface area contributed by atoms with Gasteiger partial charge in [-0.15, -0.1) is 0 Å². The minimum atomic E-state index is -0.317. The van der Waals surface area contributed by atoms with E-state index in [4.69, 9.17) is 32.7 Å². The van der Waals surface area contributed by atoms with Gasteiger partial charge in [0.1, 0.15) is 16.0 Å². The first kappa shape index (κ1) is 16.9. The second-order valence-corrected chi connectivity index (χ2v) is 5.89. The molecule has 0 fully saturated rings. The van der Waals surface area contributed by atoms with E-state index in [1.807, 2.05) is 0 Å². The van der Waals surface area contributed by atoms with Crippen LogP contribution in [0.15, 0.2) is 34.8 Å². The third-order valence-electron chi connectivity index (χ3n) is 2.89. The van der Waals surface area contributed by atoms with Crippen LogP contribution in [0.5, 0.6) is 11.5 Å². The minimum Gasteiger partial charge on any atom is -0.495 e. The van der Waals surface area contributed by atoms with Crippen molar-refractivity contribution >= 4 is 50.7 Å². The molecule has 22 heavy (non-hydrogen) atoms. The highest BCUT2D eigenvalue weighted by Gasteiger charge is 2.15. The van der Waals surface area contributed by atoms with E-state index in [1.54, 1.807) is 30.3 Å².